The number of nitrogens with zero attached hydrogens (tertiary/aromatic N) is 3. The zero-order valence-electron chi connectivity index (χ0n) is 17.5. The Kier molecular flexibility index (Phi) is 5.57. The molecule has 8 heteroatoms. The van der Waals surface area contributed by atoms with Crippen LogP contribution in [0.5, 0.6) is 0 Å². The van der Waals surface area contributed by atoms with E-state index in [9.17, 15) is 9.59 Å². The number of hydrogen-bond acceptors (Lipinski definition) is 7. The van der Waals surface area contributed by atoms with Crippen molar-refractivity contribution in [1.29, 1.82) is 0 Å². The van der Waals surface area contributed by atoms with Crippen molar-refractivity contribution in [3.05, 3.63) is 52.5 Å². The van der Waals surface area contributed by atoms with E-state index >= 15 is 0 Å². The molecule has 158 valence electrons. The minimum Gasteiger partial charge on any atom is -0.463 e. The normalized spacial score (nSPS) is 19.1. The summed E-state index contributed by atoms with van der Waals surface area (Å²) in [6.07, 6.45) is 5.05. The Morgan fingerprint density at radius 1 is 1.07 bits per heavy atom. The van der Waals surface area contributed by atoms with Gasteiger partial charge in [-0.2, -0.15) is 4.98 Å². The Bertz CT molecular complexity index is 987. The summed E-state index contributed by atoms with van der Waals surface area (Å²) in [6.45, 7) is 3.82. The van der Waals surface area contributed by atoms with E-state index in [4.69, 9.17) is 9.47 Å². The number of aromatic nitrogens is 3. The van der Waals surface area contributed by atoms with Gasteiger partial charge in [-0.3, -0.25) is 0 Å². The average molecular weight is 410 g/mol. The number of carbonyl (C=O) groups excluding carboxylic acids is 2. The van der Waals surface area contributed by atoms with Gasteiger partial charge in [-0.05, 0) is 45.1 Å². The highest BCUT2D eigenvalue weighted by Crippen LogP contribution is 2.36. The van der Waals surface area contributed by atoms with Crippen molar-refractivity contribution < 1.29 is 19.1 Å². The van der Waals surface area contributed by atoms with Crippen molar-refractivity contribution in [1.82, 2.24) is 14.8 Å². The van der Waals surface area contributed by atoms with Gasteiger partial charge in [-0.15, -0.1) is 5.10 Å². The number of nitrogens with one attached hydrogen (secondary N) is 1. The lowest BCUT2D eigenvalue weighted by molar-refractivity contribution is -0.146. The summed E-state index contributed by atoms with van der Waals surface area (Å²) < 4.78 is 12.2. The first kappa shape index (κ1) is 20.1. The van der Waals surface area contributed by atoms with Gasteiger partial charge in [-0.25, -0.2) is 14.3 Å². The first-order valence-electron chi connectivity index (χ1n) is 10.3. The Morgan fingerprint density at radius 2 is 1.77 bits per heavy atom. The number of anilines is 1. The molecule has 1 unspecified atom stereocenters. The van der Waals surface area contributed by atoms with Crippen LogP contribution in [0.4, 0.5) is 5.95 Å². The molecule has 2 aliphatic rings. The molecule has 1 fully saturated rings. The molecule has 0 spiro atoms. The molecule has 1 saturated carbocycles. The molecule has 2 heterocycles. The number of methoxy groups -OCH3 is 1. The van der Waals surface area contributed by atoms with Gasteiger partial charge in [0.25, 0.3) is 5.82 Å². The second-order valence-corrected chi connectivity index (χ2v) is 7.84. The van der Waals surface area contributed by atoms with Crippen LogP contribution in [-0.2, 0) is 14.3 Å². The van der Waals surface area contributed by atoms with Gasteiger partial charge in [0.1, 0.15) is 12.1 Å². The molecule has 1 atom stereocenters. The summed E-state index contributed by atoms with van der Waals surface area (Å²) in [6, 6.07) is 7.32. The lowest BCUT2D eigenvalue weighted by atomic mass is 9.94. The van der Waals surface area contributed by atoms with Gasteiger partial charge in [0, 0.05) is 5.70 Å². The molecule has 0 radical (unpaired) electrons. The van der Waals surface area contributed by atoms with Crippen LogP contribution in [0, 0.1) is 6.92 Å². The quantitative estimate of drug-likeness (QED) is 0.770. The van der Waals surface area contributed by atoms with E-state index in [1.165, 1.54) is 13.5 Å². The monoisotopic (exact) mass is 410 g/mol. The topological polar surface area (TPSA) is 95.3 Å². The van der Waals surface area contributed by atoms with Gasteiger partial charge in [0.05, 0.1) is 12.7 Å². The highest BCUT2D eigenvalue weighted by molar-refractivity contribution is 5.93. The Labute approximate surface area is 175 Å². The van der Waals surface area contributed by atoms with Crippen LogP contribution in [0.15, 0.2) is 35.5 Å². The maximum Gasteiger partial charge on any atom is 0.378 e. The smallest absolute Gasteiger partial charge is 0.378 e. The van der Waals surface area contributed by atoms with Gasteiger partial charge in [-0.1, -0.05) is 36.2 Å². The third-order valence-corrected chi connectivity index (χ3v) is 5.66. The minimum atomic E-state index is -0.634. The van der Waals surface area contributed by atoms with Crippen molar-refractivity contribution in [3.63, 3.8) is 0 Å². The molecule has 2 aromatic rings. The number of aryl methyl sites for hydroxylation is 1. The van der Waals surface area contributed by atoms with Crippen LogP contribution in [0.25, 0.3) is 0 Å². The van der Waals surface area contributed by atoms with Crippen molar-refractivity contribution in [2.75, 3.05) is 12.4 Å². The molecule has 0 bridgehead atoms. The average Bonchev–Trinajstić information content (AvgIpc) is 3.17. The van der Waals surface area contributed by atoms with Gasteiger partial charge in [0.15, 0.2) is 0 Å². The molecule has 0 amide bonds. The first-order valence-corrected chi connectivity index (χ1v) is 10.3. The van der Waals surface area contributed by atoms with E-state index in [2.05, 4.69) is 15.4 Å². The molecule has 1 N–H and O–H groups in total. The van der Waals surface area contributed by atoms with E-state index in [1.54, 1.807) is 4.68 Å². The molecule has 1 aromatic heterocycles. The summed E-state index contributed by atoms with van der Waals surface area (Å²) in [5.74, 6) is -0.678. The highest BCUT2D eigenvalue weighted by Gasteiger charge is 2.37. The molecule has 4 rings (SSSR count). The maximum atomic E-state index is 13.3. The van der Waals surface area contributed by atoms with E-state index in [0.717, 1.165) is 36.8 Å². The highest BCUT2D eigenvalue weighted by atomic mass is 16.5. The van der Waals surface area contributed by atoms with E-state index in [-0.39, 0.29) is 17.9 Å². The summed E-state index contributed by atoms with van der Waals surface area (Å²) in [5.41, 5.74) is 3.07. The Hall–Kier alpha value is -3.16. The number of esters is 2. The zero-order valence-corrected chi connectivity index (χ0v) is 17.5. The number of allylic oxidation sites excluding steroid dienone is 1. The third-order valence-electron chi connectivity index (χ3n) is 5.66. The van der Waals surface area contributed by atoms with Crippen molar-refractivity contribution in [2.45, 2.75) is 58.1 Å². The zero-order chi connectivity index (χ0) is 21.3. The molecule has 1 aliphatic heterocycles. The minimum absolute atomic E-state index is 0.0620. The lowest BCUT2D eigenvalue weighted by Gasteiger charge is -2.30. The van der Waals surface area contributed by atoms with Crippen molar-refractivity contribution >= 4 is 17.9 Å². The molecular weight excluding hydrogens is 384 g/mol. The number of hydrogen-bond donors (Lipinski definition) is 1. The predicted molar refractivity (Wildman–Crippen MR) is 110 cm³/mol. The number of rotatable bonds is 4. The van der Waals surface area contributed by atoms with Gasteiger partial charge in [0.2, 0.25) is 5.95 Å². The second-order valence-electron chi connectivity index (χ2n) is 7.84. The van der Waals surface area contributed by atoms with E-state index < -0.39 is 12.0 Å². The fourth-order valence-electron chi connectivity index (χ4n) is 4.05. The number of carbonyl (C=O) groups is 2. The summed E-state index contributed by atoms with van der Waals surface area (Å²) in [5, 5.41) is 7.44. The maximum absolute atomic E-state index is 13.3. The number of fused-ring (bicyclic) bond motifs is 1. The van der Waals surface area contributed by atoms with Gasteiger partial charge < -0.3 is 14.8 Å². The molecule has 1 aromatic carbocycles. The van der Waals surface area contributed by atoms with Crippen molar-refractivity contribution in [2.24, 2.45) is 0 Å². The van der Waals surface area contributed by atoms with Crippen LogP contribution in [0.3, 0.4) is 0 Å². The molecule has 30 heavy (non-hydrogen) atoms. The molecular formula is C22H26N4O4. The van der Waals surface area contributed by atoms with Gasteiger partial charge >= 0.3 is 11.9 Å². The molecule has 0 saturated heterocycles. The molecule has 8 nitrogen and oxygen atoms in total. The Balaban J connectivity index is 1.74. The van der Waals surface area contributed by atoms with Crippen LogP contribution >= 0.6 is 0 Å². The van der Waals surface area contributed by atoms with Crippen LogP contribution < -0.4 is 5.32 Å². The van der Waals surface area contributed by atoms with Crippen LogP contribution in [0.1, 0.15) is 66.8 Å². The predicted octanol–water partition coefficient (Wildman–Crippen LogP) is 3.54. The Morgan fingerprint density at radius 3 is 2.43 bits per heavy atom. The standard InChI is InChI=1S/C22H26N4O4/c1-13-9-11-15(12-10-13)18-17(20(27)30-16-7-5-4-6-8-16)14(2)23-22-24-19(21(28)29-3)25-26(18)22/h9-12,16,18H,4-8H2,1-3H3,(H,23,24,25). The lowest BCUT2D eigenvalue weighted by Crippen LogP contribution is -2.32. The van der Waals surface area contributed by atoms with Crippen LogP contribution in [0.2, 0.25) is 0 Å². The second kappa shape index (κ2) is 8.30. The fraction of sp³-hybridized carbons (Fsp3) is 0.455. The summed E-state index contributed by atoms with van der Waals surface area (Å²) >= 11 is 0. The van der Waals surface area contributed by atoms with Crippen LogP contribution in [-0.4, -0.2) is 39.9 Å². The number of ether oxygens (including phenoxy) is 2. The fourth-order valence-corrected chi connectivity index (χ4v) is 4.05. The van der Waals surface area contributed by atoms with E-state index in [1.807, 2.05) is 38.1 Å². The molecule has 1 aliphatic carbocycles. The number of benzene rings is 1. The summed E-state index contributed by atoms with van der Waals surface area (Å²) in [7, 11) is 1.28. The largest absolute Gasteiger partial charge is 0.463 e. The van der Waals surface area contributed by atoms with E-state index in [0.29, 0.717) is 17.2 Å². The third kappa shape index (κ3) is 3.81. The summed E-state index contributed by atoms with van der Waals surface area (Å²) in [4.78, 5) is 29.5. The van der Waals surface area contributed by atoms with Crippen molar-refractivity contribution in [3.8, 4) is 0 Å². The SMILES string of the molecule is COC(=O)c1nc2n(n1)C(c1ccc(C)cc1)C(C(=O)OC1CCCCC1)=C(C)N2. The first-order chi connectivity index (χ1) is 14.5.